The van der Waals surface area contributed by atoms with E-state index in [4.69, 9.17) is 28.9 Å². The van der Waals surface area contributed by atoms with Crippen molar-refractivity contribution in [2.75, 3.05) is 13.2 Å². The fourth-order valence-electron chi connectivity index (χ4n) is 5.30. The van der Waals surface area contributed by atoms with Crippen molar-refractivity contribution in [3.63, 3.8) is 0 Å². The van der Waals surface area contributed by atoms with Gasteiger partial charge in [-0.25, -0.2) is 18.5 Å². The number of guanidine groups is 1. The lowest BCUT2D eigenvalue weighted by Gasteiger charge is -2.18. The van der Waals surface area contributed by atoms with E-state index in [1.54, 1.807) is 12.1 Å². The van der Waals surface area contributed by atoms with Gasteiger partial charge < -0.3 is 29.4 Å². The molecular formula is C37H34BrN5O6S. The van der Waals surface area contributed by atoms with Crippen molar-refractivity contribution in [1.29, 1.82) is 0 Å². The summed E-state index contributed by atoms with van der Waals surface area (Å²) in [4.78, 5) is 4.87. The summed E-state index contributed by atoms with van der Waals surface area (Å²) in [6.07, 6.45) is 0. The highest BCUT2D eigenvalue weighted by Gasteiger charge is 2.15. The van der Waals surface area contributed by atoms with Crippen LogP contribution in [0.2, 0.25) is 0 Å². The van der Waals surface area contributed by atoms with E-state index >= 15 is 0 Å². The van der Waals surface area contributed by atoms with Crippen LogP contribution in [0.1, 0.15) is 16.8 Å². The van der Waals surface area contributed by atoms with Gasteiger partial charge in [0, 0.05) is 18.2 Å². The van der Waals surface area contributed by atoms with E-state index in [9.17, 15) is 8.42 Å². The van der Waals surface area contributed by atoms with Crippen LogP contribution >= 0.6 is 17.0 Å². The highest BCUT2D eigenvalue weighted by atomic mass is 79.9. The van der Waals surface area contributed by atoms with E-state index in [1.807, 2.05) is 78.9 Å². The van der Waals surface area contributed by atoms with Crippen LogP contribution in [0, 0.1) is 0 Å². The Morgan fingerprint density at radius 3 is 2.34 bits per heavy atom. The zero-order valence-electron chi connectivity index (χ0n) is 26.7. The van der Waals surface area contributed by atoms with Crippen LogP contribution in [0.4, 0.5) is 0 Å². The van der Waals surface area contributed by atoms with Crippen LogP contribution in [0.15, 0.2) is 130 Å². The average molecular weight is 757 g/mol. The average Bonchev–Trinajstić information content (AvgIpc) is 3.60. The molecule has 0 spiro atoms. The second-order valence-electron chi connectivity index (χ2n) is 11.4. The number of halogens is 1. The molecule has 6 aromatic rings. The number of aromatic nitrogens is 1. The molecule has 0 saturated carbocycles. The summed E-state index contributed by atoms with van der Waals surface area (Å²) in [5, 5.41) is 18.4. The summed E-state index contributed by atoms with van der Waals surface area (Å²) < 4.78 is 46.5. The second-order valence-corrected chi connectivity index (χ2v) is 12.9. The number of rotatable bonds is 10. The van der Waals surface area contributed by atoms with E-state index in [-0.39, 0.29) is 21.9 Å². The molecule has 256 valence electrons. The maximum Gasteiger partial charge on any atom is 0.238 e. The first kappa shape index (κ1) is 34.5. The Morgan fingerprint density at radius 2 is 1.52 bits per heavy atom. The number of aliphatic imine (C=N–C) groups is 1. The molecule has 0 fully saturated rings. The fraction of sp³-hybridized carbons (Fsp3) is 0.135. The third-order valence-electron chi connectivity index (χ3n) is 7.81. The Kier molecular flexibility index (Phi) is 10.7. The fourth-order valence-corrected chi connectivity index (χ4v) is 5.82. The molecule has 0 amide bonds. The maximum absolute atomic E-state index is 11.7. The highest BCUT2D eigenvalue weighted by Crippen LogP contribution is 2.34. The van der Waals surface area contributed by atoms with Crippen molar-refractivity contribution in [2.45, 2.75) is 24.5 Å². The van der Waals surface area contributed by atoms with Gasteiger partial charge in [0.25, 0.3) is 0 Å². The number of hydrogen-bond donors (Lipinski definition) is 3. The van der Waals surface area contributed by atoms with Gasteiger partial charge >= 0.3 is 0 Å². The standard InChI is InChI=1S/C37H33N5O6S.BrH/c38-49(43,44)33-13-8-25(9-14-33)22-39-37(41-24-30-21-35(48-42-30)29-11-15-34-36(20-29)46-17-16-45-34)40-23-26-4-3-7-31(18-26)47-32-12-10-27-5-1-2-6-28(27)19-32;/h1-15,18-21H,16-17,22-24H2,(H2,38,43,44)(H2,39,40,41);1H. The number of nitrogens with one attached hydrogen (secondary N) is 2. The van der Waals surface area contributed by atoms with Crippen LogP contribution in [-0.2, 0) is 29.7 Å². The normalized spacial score (nSPS) is 12.6. The zero-order chi connectivity index (χ0) is 33.6. The molecule has 5 aromatic carbocycles. The number of sulfonamides is 1. The topological polar surface area (TPSA) is 150 Å². The van der Waals surface area contributed by atoms with Crippen molar-refractivity contribution in [3.05, 3.63) is 132 Å². The summed E-state index contributed by atoms with van der Waals surface area (Å²) in [5.74, 6) is 3.93. The summed E-state index contributed by atoms with van der Waals surface area (Å²) in [5.41, 5.74) is 3.28. The number of nitrogens with two attached hydrogens (primary N) is 1. The highest BCUT2D eigenvalue weighted by molar-refractivity contribution is 8.93. The van der Waals surface area contributed by atoms with E-state index in [2.05, 4.69) is 27.9 Å². The number of ether oxygens (including phenoxy) is 3. The first-order valence-corrected chi connectivity index (χ1v) is 17.2. The largest absolute Gasteiger partial charge is 0.486 e. The molecule has 11 nitrogen and oxygen atoms in total. The van der Waals surface area contributed by atoms with Gasteiger partial charge in [-0.05, 0) is 76.5 Å². The third kappa shape index (κ3) is 8.61. The molecule has 1 aliphatic heterocycles. The van der Waals surface area contributed by atoms with Crippen LogP contribution in [-0.4, -0.2) is 32.7 Å². The molecule has 4 N–H and O–H groups in total. The number of fused-ring (bicyclic) bond motifs is 2. The summed E-state index contributed by atoms with van der Waals surface area (Å²) in [7, 11) is -3.78. The van der Waals surface area contributed by atoms with E-state index in [0.29, 0.717) is 67.5 Å². The predicted molar refractivity (Wildman–Crippen MR) is 196 cm³/mol. The lowest BCUT2D eigenvalue weighted by molar-refractivity contribution is 0.171. The SMILES string of the molecule is Br.NS(=O)(=O)c1ccc(CNC(=NCc2cccc(Oc3ccc4ccccc4c3)c2)NCc2cc(-c3ccc4c(c3)OCCO4)on2)cc1. The molecule has 0 radical (unpaired) electrons. The predicted octanol–water partition coefficient (Wildman–Crippen LogP) is 6.72. The first-order chi connectivity index (χ1) is 23.9. The van der Waals surface area contributed by atoms with Crippen LogP contribution < -0.4 is 30.0 Å². The molecule has 0 bridgehead atoms. The Labute approximate surface area is 299 Å². The van der Waals surface area contributed by atoms with Gasteiger partial charge in [-0.3, -0.25) is 0 Å². The van der Waals surface area contributed by atoms with Crippen molar-refractivity contribution in [1.82, 2.24) is 15.8 Å². The maximum atomic E-state index is 11.7. The van der Waals surface area contributed by atoms with Gasteiger partial charge in [0.05, 0.1) is 18.0 Å². The molecule has 0 aliphatic carbocycles. The Bertz CT molecular complexity index is 2240. The third-order valence-corrected chi connectivity index (χ3v) is 8.74. The molecule has 50 heavy (non-hydrogen) atoms. The first-order valence-electron chi connectivity index (χ1n) is 15.6. The Morgan fingerprint density at radius 1 is 0.760 bits per heavy atom. The minimum Gasteiger partial charge on any atom is -0.486 e. The number of hydrogen-bond acceptors (Lipinski definition) is 8. The van der Waals surface area contributed by atoms with E-state index in [0.717, 1.165) is 33.2 Å². The monoisotopic (exact) mass is 755 g/mol. The minimum absolute atomic E-state index is 0. The summed E-state index contributed by atoms with van der Waals surface area (Å²) in [6, 6.07) is 35.8. The van der Waals surface area contributed by atoms with Gasteiger partial charge in [-0.15, -0.1) is 17.0 Å². The summed E-state index contributed by atoms with van der Waals surface area (Å²) >= 11 is 0. The molecule has 1 aliphatic rings. The molecular weight excluding hydrogens is 722 g/mol. The number of benzene rings is 5. The molecule has 0 atom stereocenters. The van der Waals surface area contributed by atoms with E-state index in [1.165, 1.54) is 12.1 Å². The van der Waals surface area contributed by atoms with E-state index < -0.39 is 10.0 Å². The van der Waals surface area contributed by atoms with Gasteiger partial charge in [-0.2, -0.15) is 0 Å². The molecule has 13 heteroatoms. The molecule has 0 unspecified atom stereocenters. The molecule has 0 saturated heterocycles. The Hall–Kier alpha value is -5.37. The smallest absolute Gasteiger partial charge is 0.238 e. The second kappa shape index (κ2) is 15.5. The van der Waals surface area contributed by atoms with Crippen LogP contribution in [0.25, 0.3) is 22.1 Å². The van der Waals surface area contributed by atoms with Crippen molar-refractivity contribution >= 4 is 43.7 Å². The van der Waals surface area contributed by atoms with Crippen LogP contribution in [0.3, 0.4) is 0 Å². The van der Waals surface area contributed by atoms with Crippen molar-refractivity contribution in [3.8, 4) is 34.3 Å². The Balaban J connectivity index is 0.00000432. The minimum atomic E-state index is -3.78. The molecule has 1 aromatic heterocycles. The number of primary sulfonamides is 1. The lowest BCUT2D eigenvalue weighted by Crippen LogP contribution is -2.36. The summed E-state index contributed by atoms with van der Waals surface area (Å²) in [6.45, 7) is 2.08. The molecule has 7 rings (SSSR count). The zero-order valence-corrected chi connectivity index (χ0v) is 29.3. The lowest BCUT2D eigenvalue weighted by atomic mass is 10.1. The number of nitrogens with zero attached hydrogens (tertiary/aromatic N) is 2. The van der Waals surface area contributed by atoms with Gasteiger partial charge in [0.2, 0.25) is 10.0 Å². The van der Waals surface area contributed by atoms with Gasteiger partial charge in [0.15, 0.2) is 23.2 Å². The quantitative estimate of drug-likeness (QED) is 0.102. The van der Waals surface area contributed by atoms with Crippen molar-refractivity contribution in [2.24, 2.45) is 10.1 Å². The molecule has 2 heterocycles. The van der Waals surface area contributed by atoms with Crippen LogP contribution in [0.5, 0.6) is 23.0 Å². The van der Waals surface area contributed by atoms with Crippen molar-refractivity contribution < 1.29 is 27.2 Å². The van der Waals surface area contributed by atoms with Gasteiger partial charge in [-0.1, -0.05) is 59.8 Å². The van der Waals surface area contributed by atoms with Gasteiger partial charge in [0.1, 0.15) is 30.4 Å².